The molecule has 1 N–H and O–H groups in total. The molecule has 0 aliphatic carbocycles. The number of carbonyl (C=O) groups excluding carboxylic acids is 1. The van der Waals surface area contributed by atoms with Crippen LogP contribution in [0.5, 0.6) is 5.75 Å². The zero-order valence-corrected chi connectivity index (χ0v) is 16.4. The molecule has 1 aliphatic heterocycles. The Balaban J connectivity index is 1.52. The van der Waals surface area contributed by atoms with Gasteiger partial charge in [-0.2, -0.15) is 0 Å². The molecule has 1 aromatic heterocycles. The molecule has 1 atom stereocenters. The standard InChI is InChI=1S/C22H30N2O3/c1-3-26-20-10-6-5-9-18(20)13-14-23-22(25)21-12-11-19(27-21)17(2)24-15-7-4-8-16-24/h5-6,9-12,17H,3-4,7-8,13-16H2,1-2H3,(H,23,25)/t17-/m1/s1. The number of amides is 1. The van der Waals surface area contributed by atoms with Crippen LogP contribution in [0.25, 0.3) is 0 Å². The van der Waals surface area contributed by atoms with Gasteiger partial charge in [0.1, 0.15) is 11.5 Å². The van der Waals surface area contributed by atoms with E-state index in [0.717, 1.165) is 36.6 Å². The minimum atomic E-state index is -0.166. The maximum atomic E-state index is 12.4. The third-order valence-corrected chi connectivity index (χ3v) is 5.15. The van der Waals surface area contributed by atoms with Gasteiger partial charge >= 0.3 is 0 Å². The molecule has 0 unspecified atom stereocenters. The number of nitrogens with one attached hydrogen (secondary N) is 1. The number of carbonyl (C=O) groups is 1. The third kappa shape index (κ3) is 5.13. The average molecular weight is 370 g/mol. The first-order valence-corrected chi connectivity index (χ1v) is 10.0. The first-order valence-electron chi connectivity index (χ1n) is 10.0. The predicted molar refractivity (Wildman–Crippen MR) is 106 cm³/mol. The van der Waals surface area contributed by atoms with Gasteiger partial charge in [0, 0.05) is 6.54 Å². The minimum Gasteiger partial charge on any atom is -0.494 e. The van der Waals surface area contributed by atoms with E-state index in [1.807, 2.05) is 37.3 Å². The van der Waals surface area contributed by atoms with E-state index >= 15 is 0 Å². The van der Waals surface area contributed by atoms with Gasteiger partial charge in [-0.25, -0.2) is 0 Å². The number of furan rings is 1. The largest absolute Gasteiger partial charge is 0.494 e. The van der Waals surface area contributed by atoms with Crippen molar-refractivity contribution in [3.8, 4) is 5.75 Å². The number of benzene rings is 1. The molecule has 2 heterocycles. The van der Waals surface area contributed by atoms with E-state index in [4.69, 9.17) is 9.15 Å². The van der Waals surface area contributed by atoms with Gasteiger partial charge in [0.25, 0.3) is 5.91 Å². The number of piperidine rings is 1. The molecule has 1 saturated heterocycles. The van der Waals surface area contributed by atoms with Crippen LogP contribution in [0.1, 0.15) is 61.0 Å². The molecule has 0 saturated carbocycles. The quantitative estimate of drug-likeness (QED) is 0.757. The normalized spacial score (nSPS) is 16.1. The van der Waals surface area contributed by atoms with Gasteiger partial charge in [0.15, 0.2) is 5.76 Å². The van der Waals surface area contributed by atoms with E-state index in [-0.39, 0.29) is 11.9 Å². The lowest BCUT2D eigenvalue weighted by atomic mass is 10.1. The summed E-state index contributed by atoms with van der Waals surface area (Å²) in [7, 11) is 0. The Bertz CT molecular complexity index is 735. The molecular weight excluding hydrogens is 340 g/mol. The predicted octanol–water partition coefficient (Wildman–Crippen LogP) is 4.20. The summed E-state index contributed by atoms with van der Waals surface area (Å²) in [4.78, 5) is 14.8. The molecule has 1 aliphatic rings. The maximum Gasteiger partial charge on any atom is 0.287 e. The van der Waals surface area contributed by atoms with Crippen molar-refractivity contribution >= 4 is 5.91 Å². The molecule has 1 amide bonds. The number of nitrogens with zero attached hydrogens (tertiary/aromatic N) is 1. The lowest BCUT2D eigenvalue weighted by Gasteiger charge is -2.31. The minimum absolute atomic E-state index is 0.166. The average Bonchev–Trinajstić information content (AvgIpc) is 3.20. The molecule has 5 heteroatoms. The van der Waals surface area contributed by atoms with Crippen LogP contribution in [0.15, 0.2) is 40.8 Å². The van der Waals surface area contributed by atoms with Crippen LogP contribution in [0.4, 0.5) is 0 Å². The highest BCUT2D eigenvalue weighted by molar-refractivity contribution is 5.91. The number of hydrogen-bond acceptors (Lipinski definition) is 4. The molecule has 146 valence electrons. The van der Waals surface area contributed by atoms with Crippen LogP contribution in [-0.2, 0) is 6.42 Å². The fourth-order valence-corrected chi connectivity index (χ4v) is 3.59. The van der Waals surface area contributed by atoms with Gasteiger partial charge in [-0.05, 0) is 70.0 Å². The van der Waals surface area contributed by atoms with E-state index < -0.39 is 0 Å². The van der Waals surface area contributed by atoms with E-state index in [0.29, 0.717) is 18.9 Å². The van der Waals surface area contributed by atoms with Crippen molar-refractivity contribution in [2.24, 2.45) is 0 Å². The second-order valence-corrected chi connectivity index (χ2v) is 7.02. The summed E-state index contributed by atoms with van der Waals surface area (Å²) in [6, 6.07) is 11.9. The van der Waals surface area contributed by atoms with Gasteiger partial charge in [-0.1, -0.05) is 24.6 Å². The topological polar surface area (TPSA) is 54.7 Å². The summed E-state index contributed by atoms with van der Waals surface area (Å²) in [5, 5.41) is 2.95. The first-order chi connectivity index (χ1) is 13.2. The van der Waals surface area contributed by atoms with Crippen LogP contribution in [0.3, 0.4) is 0 Å². The Morgan fingerprint density at radius 1 is 1.19 bits per heavy atom. The molecule has 1 fully saturated rings. The number of rotatable bonds is 8. The van der Waals surface area contributed by atoms with Crippen molar-refractivity contribution in [3.05, 3.63) is 53.5 Å². The van der Waals surface area contributed by atoms with Crippen molar-refractivity contribution in [3.63, 3.8) is 0 Å². The molecule has 5 nitrogen and oxygen atoms in total. The lowest BCUT2D eigenvalue weighted by molar-refractivity contribution is 0.0917. The SMILES string of the molecule is CCOc1ccccc1CCNC(=O)c1ccc([C@@H](C)N2CCCCC2)o1. The van der Waals surface area contributed by atoms with Crippen molar-refractivity contribution in [2.75, 3.05) is 26.2 Å². The van der Waals surface area contributed by atoms with Crippen molar-refractivity contribution in [2.45, 2.75) is 45.6 Å². The first kappa shape index (κ1) is 19.5. The van der Waals surface area contributed by atoms with Crippen molar-refractivity contribution in [1.29, 1.82) is 0 Å². The Kier molecular flexibility index (Phi) is 6.93. The van der Waals surface area contributed by atoms with E-state index in [2.05, 4.69) is 17.1 Å². The molecular formula is C22H30N2O3. The number of ether oxygens (including phenoxy) is 1. The zero-order valence-electron chi connectivity index (χ0n) is 16.4. The van der Waals surface area contributed by atoms with E-state index in [9.17, 15) is 4.79 Å². The summed E-state index contributed by atoms with van der Waals surface area (Å²) in [5.41, 5.74) is 1.10. The summed E-state index contributed by atoms with van der Waals surface area (Å²) in [6.07, 6.45) is 4.50. The number of likely N-dealkylation sites (tertiary alicyclic amines) is 1. The van der Waals surface area contributed by atoms with E-state index in [1.54, 1.807) is 6.07 Å². The molecule has 0 radical (unpaired) electrons. The summed E-state index contributed by atoms with van der Waals surface area (Å²) in [6.45, 7) is 7.49. The molecule has 0 spiro atoms. The Morgan fingerprint density at radius 3 is 2.74 bits per heavy atom. The van der Waals surface area contributed by atoms with Crippen molar-refractivity contribution in [1.82, 2.24) is 10.2 Å². The van der Waals surface area contributed by atoms with Crippen LogP contribution in [-0.4, -0.2) is 37.0 Å². The maximum absolute atomic E-state index is 12.4. The monoisotopic (exact) mass is 370 g/mol. The van der Waals surface area contributed by atoms with Crippen LogP contribution >= 0.6 is 0 Å². The molecule has 1 aromatic carbocycles. The highest BCUT2D eigenvalue weighted by Crippen LogP contribution is 2.25. The Hall–Kier alpha value is -2.27. The van der Waals surface area contributed by atoms with Gasteiger partial charge in [0.05, 0.1) is 12.6 Å². The van der Waals surface area contributed by atoms with Crippen molar-refractivity contribution < 1.29 is 13.9 Å². The molecule has 27 heavy (non-hydrogen) atoms. The summed E-state index contributed by atoms with van der Waals surface area (Å²) in [5.74, 6) is 1.96. The van der Waals surface area contributed by atoms with Crippen LogP contribution in [0.2, 0.25) is 0 Å². The Morgan fingerprint density at radius 2 is 1.96 bits per heavy atom. The van der Waals surface area contributed by atoms with Gasteiger partial charge < -0.3 is 14.5 Å². The lowest BCUT2D eigenvalue weighted by Crippen LogP contribution is -2.32. The smallest absolute Gasteiger partial charge is 0.287 e. The third-order valence-electron chi connectivity index (χ3n) is 5.15. The van der Waals surface area contributed by atoms with Crippen LogP contribution < -0.4 is 10.1 Å². The molecule has 3 rings (SSSR count). The highest BCUT2D eigenvalue weighted by atomic mass is 16.5. The summed E-state index contributed by atoms with van der Waals surface area (Å²) < 4.78 is 11.5. The van der Waals surface area contributed by atoms with Crippen LogP contribution in [0, 0.1) is 0 Å². The molecule has 2 aromatic rings. The number of hydrogen-bond donors (Lipinski definition) is 1. The second-order valence-electron chi connectivity index (χ2n) is 7.02. The summed E-state index contributed by atoms with van der Waals surface area (Å²) >= 11 is 0. The fraction of sp³-hybridized carbons (Fsp3) is 0.500. The molecule has 0 bridgehead atoms. The van der Waals surface area contributed by atoms with Gasteiger partial charge in [0.2, 0.25) is 0 Å². The van der Waals surface area contributed by atoms with Gasteiger partial charge in [-0.3, -0.25) is 9.69 Å². The van der Waals surface area contributed by atoms with Gasteiger partial charge in [-0.15, -0.1) is 0 Å². The number of para-hydroxylation sites is 1. The fourth-order valence-electron chi connectivity index (χ4n) is 3.59. The van der Waals surface area contributed by atoms with E-state index in [1.165, 1.54) is 19.3 Å². The second kappa shape index (κ2) is 9.60. The zero-order chi connectivity index (χ0) is 19.1. The highest BCUT2D eigenvalue weighted by Gasteiger charge is 2.22. The Labute approximate surface area is 161 Å².